The number of carbonyl (C=O) groups is 1. The summed E-state index contributed by atoms with van der Waals surface area (Å²) in [6.07, 6.45) is 1.50. The number of piperidine rings is 1. The maximum Gasteiger partial charge on any atom is 0.257 e. The Labute approximate surface area is 135 Å². The Morgan fingerprint density at radius 1 is 1.50 bits per heavy atom. The fourth-order valence-corrected chi connectivity index (χ4v) is 3.82. The summed E-state index contributed by atoms with van der Waals surface area (Å²) in [7, 11) is -2.06. The molecule has 1 aliphatic heterocycles. The zero-order valence-electron chi connectivity index (χ0n) is 12.3. The minimum absolute atomic E-state index is 0.103. The Morgan fingerprint density at radius 2 is 2.23 bits per heavy atom. The summed E-state index contributed by atoms with van der Waals surface area (Å²) in [4.78, 5) is 14.3. The van der Waals surface area contributed by atoms with Gasteiger partial charge in [-0.2, -0.15) is 0 Å². The van der Waals surface area contributed by atoms with Gasteiger partial charge in [0.1, 0.15) is 5.75 Å². The van der Waals surface area contributed by atoms with Gasteiger partial charge in [-0.15, -0.1) is 0 Å². The summed E-state index contributed by atoms with van der Waals surface area (Å²) in [5, 5.41) is 5.58. The molecule has 1 aromatic carbocycles. The second-order valence-corrected chi connectivity index (χ2v) is 7.53. The Bertz CT molecular complexity index is 663. The molecule has 1 heterocycles. The quantitative estimate of drug-likeness (QED) is 0.894. The predicted octanol–water partition coefficient (Wildman–Crippen LogP) is 1.49. The third-order valence-electron chi connectivity index (χ3n) is 3.67. The molecule has 22 heavy (non-hydrogen) atoms. The molecule has 0 radical (unpaired) electrons. The SMILES string of the molecule is COc1cc(Cl)ccc1C(=O)N1CCCC(CS(N)(=O)=O)C1. The molecule has 0 spiro atoms. The summed E-state index contributed by atoms with van der Waals surface area (Å²) in [5.41, 5.74) is 0.420. The van der Waals surface area contributed by atoms with Crippen LogP contribution in [0.4, 0.5) is 0 Å². The number of nitrogens with two attached hydrogens (primary N) is 1. The molecule has 1 saturated heterocycles. The summed E-state index contributed by atoms with van der Waals surface area (Å²) in [6, 6.07) is 4.83. The van der Waals surface area contributed by atoms with E-state index in [-0.39, 0.29) is 17.6 Å². The Balaban J connectivity index is 2.15. The van der Waals surface area contributed by atoms with E-state index in [0.717, 1.165) is 12.8 Å². The van der Waals surface area contributed by atoms with Crippen LogP contribution >= 0.6 is 11.6 Å². The average molecular weight is 347 g/mol. The van der Waals surface area contributed by atoms with Crippen molar-refractivity contribution < 1.29 is 17.9 Å². The first-order valence-electron chi connectivity index (χ1n) is 6.93. The van der Waals surface area contributed by atoms with Crippen LogP contribution in [-0.4, -0.2) is 45.2 Å². The van der Waals surface area contributed by atoms with Gasteiger partial charge in [-0.3, -0.25) is 4.79 Å². The Hall–Kier alpha value is -1.31. The molecule has 122 valence electrons. The van der Waals surface area contributed by atoms with E-state index < -0.39 is 10.0 Å². The number of hydrogen-bond acceptors (Lipinski definition) is 4. The highest BCUT2D eigenvalue weighted by Gasteiger charge is 2.28. The molecule has 0 bridgehead atoms. The molecule has 2 rings (SSSR count). The smallest absolute Gasteiger partial charge is 0.257 e. The second-order valence-electron chi connectivity index (χ2n) is 5.43. The van der Waals surface area contributed by atoms with E-state index >= 15 is 0 Å². The van der Waals surface area contributed by atoms with E-state index in [1.54, 1.807) is 23.1 Å². The Kier molecular flexibility index (Phi) is 5.31. The molecule has 0 aromatic heterocycles. The lowest BCUT2D eigenvalue weighted by Crippen LogP contribution is -2.42. The van der Waals surface area contributed by atoms with Gasteiger partial charge in [0.2, 0.25) is 10.0 Å². The van der Waals surface area contributed by atoms with Gasteiger partial charge in [-0.05, 0) is 37.0 Å². The van der Waals surface area contributed by atoms with Gasteiger partial charge < -0.3 is 9.64 Å². The van der Waals surface area contributed by atoms with E-state index in [1.165, 1.54) is 7.11 Å². The van der Waals surface area contributed by atoms with Crippen LogP contribution in [0, 0.1) is 5.92 Å². The number of halogens is 1. The normalized spacial score (nSPS) is 19.0. The largest absolute Gasteiger partial charge is 0.496 e. The van der Waals surface area contributed by atoms with Crippen molar-refractivity contribution in [1.29, 1.82) is 0 Å². The molecule has 8 heteroatoms. The highest BCUT2D eigenvalue weighted by Crippen LogP contribution is 2.26. The van der Waals surface area contributed by atoms with Crippen LogP contribution in [0.5, 0.6) is 5.75 Å². The van der Waals surface area contributed by atoms with Crippen molar-refractivity contribution >= 4 is 27.5 Å². The molecular formula is C14H19ClN2O4S. The van der Waals surface area contributed by atoms with E-state index in [4.69, 9.17) is 21.5 Å². The summed E-state index contributed by atoms with van der Waals surface area (Å²) >= 11 is 5.90. The van der Waals surface area contributed by atoms with E-state index in [2.05, 4.69) is 0 Å². The molecule has 0 aliphatic carbocycles. The number of sulfonamides is 1. The van der Waals surface area contributed by atoms with Crippen molar-refractivity contribution in [2.75, 3.05) is 26.0 Å². The minimum Gasteiger partial charge on any atom is -0.496 e. The molecule has 1 aliphatic rings. The number of nitrogens with zero attached hydrogens (tertiary/aromatic N) is 1. The second kappa shape index (κ2) is 6.85. The number of benzene rings is 1. The van der Waals surface area contributed by atoms with Gasteiger partial charge in [0.05, 0.1) is 18.4 Å². The lowest BCUT2D eigenvalue weighted by molar-refractivity contribution is 0.0681. The maximum atomic E-state index is 12.6. The molecule has 1 aromatic rings. The van der Waals surface area contributed by atoms with Crippen molar-refractivity contribution in [3.05, 3.63) is 28.8 Å². The van der Waals surface area contributed by atoms with Crippen molar-refractivity contribution in [1.82, 2.24) is 4.90 Å². The monoisotopic (exact) mass is 346 g/mol. The summed E-state index contributed by atoms with van der Waals surface area (Å²) in [6.45, 7) is 0.965. The first-order chi connectivity index (χ1) is 10.3. The van der Waals surface area contributed by atoms with Crippen molar-refractivity contribution in [2.24, 2.45) is 11.1 Å². The number of methoxy groups -OCH3 is 1. The molecule has 0 saturated carbocycles. The number of carbonyl (C=O) groups excluding carboxylic acids is 1. The zero-order chi connectivity index (χ0) is 16.3. The first kappa shape index (κ1) is 17.1. The predicted molar refractivity (Wildman–Crippen MR) is 84.6 cm³/mol. The van der Waals surface area contributed by atoms with Crippen LogP contribution in [0.15, 0.2) is 18.2 Å². The fourth-order valence-electron chi connectivity index (χ4n) is 2.73. The first-order valence-corrected chi connectivity index (χ1v) is 9.03. The van der Waals surface area contributed by atoms with Gasteiger partial charge in [0.25, 0.3) is 5.91 Å². The van der Waals surface area contributed by atoms with Crippen LogP contribution in [0.3, 0.4) is 0 Å². The number of rotatable bonds is 4. The molecule has 1 amide bonds. The van der Waals surface area contributed by atoms with Crippen molar-refractivity contribution in [3.63, 3.8) is 0 Å². The van der Waals surface area contributed by atoms with Gasteiger partial charge in [-0.1, -0.05) is 11.6 Å². The lowest BCUT2D eigenvalue weighted by Gasteiger charge is -2.32. The average Bonchev–Trinajstić information content (AvgIpc) is 2.45. The van der Waals surface area contributed by atoms with Gasteiger partial charge in [0.15, 0.2) is 0 Å². The van der Waals surface area contributed by atoms with E-state index in [9.17, 15) is 13.2 Å². The molecular weight excluding hydrogens is 328 g/mol. The van der Waals surface area contributed by atoms with E-state index in [1.807, 2.05) is 0 Å². The highest BCUT2D eigenvalue weighted by atomic mass is 35.5. The number of ether oxygens (including phenoxy) is 1. The lowest BCUT2D eigenvalue weighted by atomic mass is 9.99. The van der Waals surface area contributed by atoms with Crippen LogP contribution in [0.1, 0.15) is 23.2 Å². The Morgan fingerprint density at radius 3 is 2.86 bits per heavy atom. The third-order valence-corrected chi connectivity index (χ3v) is 4.84. The molecule has 2 N–H and O–H groups in total. The van der Waals surface area contributed by atoms with Crippen LogP contribution in [-0.2, 0) is 10.0 Å². The van der Waals surface area contributed by atoms with Crippen LogP contribution in [0.2, 0.25) is 5.02 Å². The highest BCUT2D eigenvalue weighted by molar-refractivity contribution is 7.89. The fraction of sp³-hybridized carbons (Fsp3) is 0.500. The zero-order valence-corrected chi connectivity index (χ0v) is 13.9. The summed E-state index contributed by atoms with van der Waals surface area (Å²) in [5.74, 6) is -0.0150. The molecule has 1 unspecified atom stereocenters. The topological polar surface area (TPSA) is 89.7 Å². The van der Waals surface area contributed by atoms with Crippen LogP contribution < -0.4 is 9.88 Å². The van der Waals surface area contributed by atoms with Crippen LogP contribution in [0.25, 0.3) is 0 Å². The third kappa shape index (κ3) is 4.34. The van der Waals surface area contributed by atoms with Gasteiger partial charge in [-0.25, -0.2) is 13.6 Å². The molecule has 1 fully saturated rings. The number of likely N-dealkylation sites (tertiary alicyclic amines) is 1. The number of amides is 1. The van der Waals surface area contributed by atoms with Crippen molar-refractivity contribution in [2.45, 2.75) is 12.8 Å². The number of hydrogen-bond donors (Lipinski definition) is 1. The minimum atomic E-state index is -3.54. The molecule has 1 atom stereocenters. The summed E-state index contributed by atoms with van der Waals surface area (Å²) < 4.78 is 27.6. The van der Waals surface area contributed by atoms with E-state index in [0.29, 0.717) is 29.4 Å². The van der Waals surface area contributed by atoms with Gasteiger partial charge >= 0.3 is 0 Å². The molecule has 6 nitrogen and oxygen atoms in total. The standard InChI is InChI=1S/C14H19ClN2O4S/c1-21-13-7-11(15)4-5-12(13)14(18)17-6-2-3-10(8-17)9-22(16,19)20/h4-5,7,10H,2-3,6,8-9H2,1H3,(H2,16,19,20). The van der Waals surface area contributed by atoms with Crippen molar-refractivity contribution in [3.8, 4) is 5.75 Å². The maximum absolute atomic E-state index is 12.6. The van der Waals surface area contributed by atoms with Gasteiger partial charge in [0, 0.05) is 18.1 Å². The number of primary sulfonamides is 1.